The summed E-state index contributed by atoms with van der Waals surface area (Å²) in [4.78, 5) is 14.1. The van der Waals surface area contributed by atoms with Gasteiger partial charge in [0.1, 0.15) is 11.4 Å². The van der Waals surface area contributed by atoms with Crippen molar-refractivity contribution in [2.45, 2.75) is 19.5 Å². The summed E-state index contributed by atoms with van der Waals surface area (Å²) in [5.41, 5.74) is -4.75. The van der Waals surface area contributed by atoms with Gasteiger partial charge in [-0.1, -0.05) is 0 Å². The molecule has 0 amide bonds. The van der Waals surface area contributed by atoms with Crippen LogP contribution in [0.2, 0.25) is 0 Å². The van der Waals surface area contributed by atoms with E-state index in [4.69, 9.17) is 0 Å². The summed E-state index contributed by atoms with van der Waals surface area (Å²) in [5.74, 6) is -3.54. The molecule has 0 aromatic carbocycles. The average molecular weight is 287 g/mol. The standard InChI is InChI=1S/C10H7F6NO2/c1-2-19-9(18)5-3-4(10(14,15)16)6(11)7(17-5)8(12)13/h3,8H,2H2,1H3. The number of carbonyl (C=O) groups excluding carboxylic acids is 1. The van der Waals surface area contributed by atoms with Crippen LogP contribution in [0.4, 0.5) is 26.3 Å². The lowest BCUT2D eigenvalue weighted by atomic mass is 10.1. The smallest absolute Gasteiger partial charge is 0.419 e. The molecule has 0 aliphatic carbocycles. The van der Waals surface area contributed by atoms with Crippen molar-refractivity contribution in [3.05, 3.63) is 28.8 Å². The molecule has 9 heteroatoms. The Kier molecular flexibility index (Phi) is 4.38. The largest absolute Gasteiger partial charge is 0.461 e. The second-order valence-electron chi connectivity index (χ2n) is 3.27. The number of rotatable bonds is 3. The monoisotopic (exact) mass is 287 g/mol. The van der Waals surface area contributed by atoms with Gasteiger partial charge in [0.25, 0.3) is 6.43 Å². The molecule has 19 heavy (non-hydrogen) atoms. The first-order valence-corrected chi connectivity index (χ1v) is 4.91. The zero-order valence-electron chi connectivity index (χ0n) is 9.39. The fourth-order valence-electron chi connectivity index (χ4n) is 1.21. The number of halogens is 6. The lowest BCUT2D eigenvalue weighted by Crippen LogP contribution is -2.17. The molecule has 0 aliphatic heterocycles. The Morgan fingerprint density at radius 1 is 1.42 bits per heavy atom. The third-order valence-corrected chi connectivity index (χ3v) is 1.98. The Labute approximate surface area is 103 Å². The van der Waals surface area contributed by atoms with E-state index in [-0.39, 0.29) is 12.7 Å². The van der Waals surface area contributed by atoms with Crippen molar-refractivity contribution in [2.24, 2.45) is 0 Å². The highest BCUT2D eigenvalue weighted by atomic mass is 19.4. The predicted octanol–water partition coefficient (Wildman–Crippen LogP) is 3.35. The Balaban J connectivity index is 3.44. The van der Waals surface area contributed by atoms with Gasteiger partial charge in [-0.25, -0.2) is 22.9 Å². The van der Waals surface area contributed by atoms with Crippen molar-refractivity contribution in [3.8, 4) is 0 Å². The molecule has 0 unspecified atom stereocenters. The molecular weight excluding hydrogens is 280 g/mol. The molecule has 3 nitrogen and oxygen atoms in total. The first kappa shape index (κ1) is 15.3. The van der Waals surface area contributed by atoms with E-state index in [9.17, 15) is 31.1 Å². The van der Waals surface area contributed by atoms with Gasteiger partial charge < -0.3 is 4.74 Å². The normalized spacial score (nSPS) is 11.8. The van der Waals surface area contributed by atoms with E-state index >= 15 is 0 Å². The number of alkyl halides is 5. The van der Waals surface area contributed by atoms with E-state index in [2.05, 4.69) is 9.72 Å². The topological polar surface area (TPSA) is 39.2 Å². The first-order valence-electron chi connectivity index (χ1n) is 4.91. The summed E-state index contributed by atoms with van der Waals surface area (Å²) in [5, 5.41) is 0. The van der Waals surface area contributed by atoms with Gasteiger partial charge >= 0.3 is 12.1 Å². The quantitative estimate of drug-likeness (QED) is 0.632. The Morgan fingerprint density at radius 3 is 2.42 bits per heavy atom. The predicted molar refractivity (Wildman–Crippen MR) is 50.1 cm³/mol. The molecule has 1 aromatic heterocycles. The molecule has 0 N–H and O–H groups in total. The number of carbonyl (C=O) groups is 1. The van der Waals surface area contributed by atoms with Crippen LogP contribution in [0, 0.1) is 5.82 Å². The van der Waals surface area contributed by atoms with Gasteiger partial charge in [0.15, 0.2) is 5.82 Å². The number of aromatic nitrogens is 1. The minimum absolute atomic E-state index is 0.0409. The van der Waals surface area contributed by atoms with E-state index in [1.807, 2.05) is 0 Å². The number of esters is 1. The zero-order chi connectivity index (χ0) is 14.8. The molecule has 0 fully saturated rings. The fourth-order valence-corrected chi connectivity index (χ4v) is 1.21. The van der Waals surface area contributed by atoms with Crippen molar-refractivity contribution >= 4 is 5.97 Å². The van der Waals surface area contributed by atoms with Crippen LogP contribution in [0.3, 0.4) is 0 Å². The van der Waals surface area contributed by atoms with Crippen LogP contribution in [-0.2, 0) is 10.9 Å². The average Bonchev–Trinajstić information content (AvgIpc) is 2.27. The number of ether oxygens (including phenoxy) is 1. The molecule has 0 saturated heterocycles. The van der Waals surface area contributed by atoms with E-state index in [1.54, 1.807) is 0 Å². The van der Waals surface area contributed by atoms with Crippen LogP contribution in [0.25, 0.3) is 0 Å². The van der Waals surface area contributed by atoms with E-state index in [0.717, 1.165) is 0 Å². The third kappa shape index (κ3) is 3.36. The van der Waals surface area contributed by atoms with Gasteiger partial charge in [0.05, 0.1) is 12.2 Å². The SMILES string of the molecule is CCOC(=O)c1cc(C(F)(F)F)c(F)c(C(F)F)n1. The highest BCUT2D eigenvalue weighted by molar-refractivity contribution is 5.87. The van der Waals surface area contributed by atoms with Gasteiger partial charge in [-0.05, 0) is 13.0 Å². The Bertz CT molecular complexity index is 486. The van der Waals surface area contributed by atoms with Crippen LogP contribution < -0.4 is 0 Å². The number of hydrogen-bond donors (Lipinski definition) is 0. The van der Waals surface area contributed by atoms with E-state index in [0.29, 0.717) is 0 Å². The van der Waals surface area contributed by atoms with Crippen molar-refractivity contribution in [2.75, 3.05) is 6.61 Å². The maximum atomic E-state index is 13.2. The van der Waals surface area contributed by atoms with Crippen LogP contribution >= 0.6 is 0 Å². The molecule has 0 spiro atoms. The summed E-state index contributed by atoms with van der Waals surface area (Å²) < 4.78 is 79.7. The Morgan fingerprint density at radius 2 is 2.00 bits per heavy atom. The van der Waals surface area contributed by atoms with Gasteiger partial charge in [-0.2, -0.15) is 13.2 Å². The highest BCUT2D eigenvalue weighted by Gasteiger charge is 2.38. The summed E-state index contributed by atoms with van der Waals surface area (Å²) in [6, 6.07) is 0.0409. The molecule has 106 valence electrons. The van der Waals surface area contributed by atoms with Crippen LogP contribution in [0.1, 0.15) is 35.1 Å². The van der Waals surface area contributed by atoms with Gasteiger partial charge in [-0.3, -0.25) is 0 Å². The molecule has 1 rings (SSSR count). The molecule has 0 atom stereocenters. The highest BCUT2D eigenvalue weighted by Crippen LogP contribution is 2.35. The van der Waals surface area contributed by atoms with E-state index < -0.39 is 41.3 Å². The van der Waals surface area contributed by atoms with Crippen molar-refractivity contribution in [1.29, 1.82) is 0 Å². The molecule has 0 saturated carbocycles. The maximum absolute atomic E-state index is 13.2. The molecule has 0 radical (unpaired) electrons. The van der Waals surface area contributed by atoms with Gasteiger partial charge in [-0.15, -0.1) is 0 Å². The molecular formula is C10H7F6NO2. The van der Waals surface area contributed by atoms with Crippen LogP contribution in [0.15, 0.2) is 6.07 Å². The lowest BCUT2D eigenvalue weighted by molar-refractivity contribution is -0.140. The minimum atomic E-state index is -5.22. The van der Waals surface area contributed by atoms with Crippen molar-refractivity contribution < 1.29 is 35.9 Å². The molecule has 1 heterocycles. The van der Waals surface area contributed by atoms with Crippen molar-refractivity contribution in [1.82, 2.24) is 4.98 Å². The maximum Gasteiger partial charge on any atom is 0.419 e. The summed E-state index contributed by atoms with van der Waals surface area (Å²) >= 11 is 0. The first-order chi connectivity index (χ1) is 8.68. The molecule has 1 aromatic rings. The molecule has 0 bridgehead atoms. The second kappa shape index (κ2) is 5.45. The summed E-state index contributed by atoms with van der Waals surface area (Å²) in [7, 11) is 0. The second-order valence-corrected chi connectivity index (χ2v) is 3.27. The van der Waals surface area contributed by atoms with Gasteiger partial charge in [0, 0.05) is 0 Å². The summed E-state index contributed by atoms with van der Waals surface area (Å²) in [6.07, 6.45) is -8.81. The van der Waals surface area contributed by atoms with Crippen molar-refractivity contribution in [3.63, 3.8) is 0 Å². The number of nitrogens with zero attached hydrogens (tertiary/aromatic N) is 1. The summed E-state index contributed by atoms with van der Waals surface area (Å²) in [6.45, 7) is 1.17. The van der Waals surface area contributed by atoms with E-state index in [1.165, 1.54) is 6.92 Å². The Hall–Kier alpha value is -1.80. The third-order valence-electron chi connectivity index (χ3n) is 1.98. The van der Waals surface area contributed by atoms with Crippen LogP contribution in [-0.4, -0.2) is 17.6 Å². The number of hydrogen-bond acceptors (Lipinski definition) is 3. The fraction of sp³-hybridized carbons (Fsp3) is 0.400. The molecule has 0 aliphatic rings. The zero-order valence-corrected chi connectivity index (χ0v) is 9.39. The van der Waals surface area contributed by atoms with Crippen LogP contribution in [0.5, 0.6) is 0 Å². The number of pyridine rings is 1. The van der Waals surface area contributed by atoms with Gasteiger partial charge in [0.2, 0.25) is 0 Å². The lowest BCUT2D eigenvalue weighted by Gasteiger charge is -2.12. The minimum Gasteiger partial charge on any atom is -0.461 e.